The number of carbonyl (C=O) groups is 1. The van der Waals surface area contributed by atoms with Crippen LogP contribution in [0.1, 0.15) is 18.4 Å². The normalized spacial score (nSPS) is 22.2. The van der Waals surface area contributed by atoms with Crippen LogP contribution in [-0.4, -0.2) is 35.2 Å². The SMILES string of the molecule is O=C(O)[C@H]1CCN2c3ncccc3N(c3ccc(C(F)(F)F)cc3)C[C@H]2C1. The molecule has 0 amide bonds. The number of rotatable bonds is 2. The van der Waals surface area contributed by atoms with E-state index < -0.39 is 23.6 Å². The molecule has 0 radical (unpaired) electrons. The maximum absolute atomic E-state index is 12.9. The highest BCUT2D eigenvalue weighted by Gasteiger charge is 2.39. The van der Waals surface area contributed by atoms with Crippen molar-refractivity contribution in [2.45, 2.75) is 25.1 Å². The van der Waals surface area contributed by atoms with Gasteiger partial charge in [-0.3, -0.25) is 4.79 Å². The van der Waals surface area contributed by atoms with Gasteiger partial charge in [-0.05, 0) is 49.2 Å². The number of piperidine rings is 1. The number of halogens is 3. The zero-order chi connectivity index (χ0) is 19.2. The summed E-state index contributed by atoms with van der Waals surface area (Å²) in [7, 11) is 0. The summed E-state index contributed by atoms with van der Waals surface area (Å²) in [5.74, 6) is -0.467. The monoisotopic (exact) mass is 377 g/mol. The van der Waals surface area contributed by atoms with Gasteiger partial charge in [0.05, 0.1) is 17.2 Å². The number of hydrogen-bond donors (Lipinski definition) is 1. The molecule has 2 atom stereocenters. The lowest BCUT2D eigenvalue weighted by Gasteiger charge is -2.47. The molecule has 0 bridgehead atoms. The van der Waals surface area contributed by atoms with Gasteiger partial charge >= 0.3 is 12.1 Å². The lowest BCUT2D eigenvalue weighted by molar-refractivity contribution is -0.142. The molecule has 1 fully saturated rings. The van der Waals surface area contributed by atoms with E-state index in [1.54, 1.807) is 12.3 Å². The molecule has 1 N–H and O–H groups in total. The van der Waals surface area contributed by atoms with E-state index in [1.807, 2.05) is 11.0 Å². The third kappa shape index (κ3) is 3.20. The van der Waals surface area contributed by atoms with Crippen LogP contribution < -0.4 is 9.80 Å². The number of aliphatic carboxylic acids is 1. The first kappa shape index (κ1) is 17.6. The fourth-order valence-corrected chi connectivity index (χ4v) is 3.93. The van der Waals surface area contributed by atoms with Gasteiger partial charge in [-0.15, -0.1) is 0 Å². The second-order valence-corrected chi connectivity index (χ2v) is 6.91. The molecule has 1 aromatic heterocycles. The molecular formula is C19H18F3N3O2. The van der Waals surface area contributed by atoms with Crippen LogP contribution in [0.15, 0.2) is 42.6 Å². The summed E-state index contributed by atoms with van der Waals surface area (Å²) in [5, 5.41) is 9.36. The van der Waals surface area contributed by atoms with Gasteiger partial charge in [0.1, 0.15) is 0 Å². The Labute approximate surface area is 154 Å². The van der Waals surface area contributed by atoms with Crippen molar-refractivity contribution >= 4 is 23.2 Å². The van der Waals surface area contributed by atoms with Crippen molar-refractivity contribution in [1.82, 2.24) is 4.98 Å². The third-order valence-electron chi connectivity index (χ3n) is 5.29. The molecule has 1 aromatic carbocycles. The maximum atomic E-state index is 12.9. The maximum Gasteiger partial charge on any atom is 0.416 e. The number of aromatic nitrogens is 1. The van der Waals surface area contributed by atoms with E-state index in [1.165, 1.54) is 12.1 Å². The van der Waals surface area contributed by atoms with Crippen molar-refractivity contribution in [2.75, 3.05) is 22.9 Å². The Kier molecular flexibility index (Phi) is 4.20. The smallest absolute Gasteiger partial charge is 0.416 e. The summed E-state index contributed by atoms with van der Waals surface area (Å²) < 4.78 is 38.6. The van der Waals surface area contributed by atoms with Crippen LogP contribution in [0.2, 0.25) is 0 Å². The highest BCUT2D eigenvalue weighted by Crippen LogP contribution is 2.42. The fourth-order valence-electron chi connectivity index (χ4n) is 3.93. The molecule has 3 heterocycles. The summed E-state index contributed by atoms with van der Waals surface area (Å²) in [5.41, 5.74) is 0.761. The van der Waals surface area contributed by atoms with Gasteiger partial charge < -0.3 is 14.9 Å². The number of carboxylic acids is 1. The number of nitrogens with zero attached hydrogens (tertiary/aromatic N) is 3. The molecule has 2 aromatic rings. The predicted molar refractivity (Wildman–Crippen MR) is 94.2 cm³/mol. The number of anilines is 3. The Morgan fingerprint density at radius 1 is 1.19 bits per heavy atom. The van der Waals surface area contributed by atoms with E-state index in [-0.39, 0.29) is 6.04 Å². The van der Waals surface area contributed by atoms with Crippen LogP contribution in [-0.2, 0) is 11.0 Å². The standard InChI is InChI=1S/C19H18F3N3O2/c20-19(21,22)13-3-5-14(6-4-13)25-11-15-10-12(18(26)27)7-9-24(15)17-16(25)2-1-8-23-17/h1-6,8,12,15H,7,9-11H2,(H,26,27)/t12-,15+/m0/s1. The van der Waals surface area contributed by atoms with E-state index in [0.717, 1.165) is 23.6 Å². The molecule has 2 aliphatic heterocycles. The Balaban J connectivity index is 1.69. The molecule has 0 saturated carbocycles. The molecule has 1 saturated heterocycles. The summed E-state index contributed by atoms with van der Waals surface area (Å²) in [6.45, 7) is 1.11. The van der Waals surface area contributed by atoms with Gasteiger partial charge in [-0.25, -0.2) is 4.98 Å². The zero-order valence-electron chi connectivity index (χ0n) is 14.4. The molecular weight excluding hydrogens is 359 g/mol. The van der Waals surface area contributed by atoms with Crippen LogP contribution in [0.4, 0.5) is 30.4 Å². The minimum atomic E-state index is -4.38. The van der Waals surface area contributed by atoms with Crippen molar-refractivity contribution in [3.63, 3.8) is 0 Å². The topological polar surface area (TPSA) is 56.7 Å². The third-order valence-corrected chi connectivity index (χ3v) is 5.29. The molecule has 27 heavy (non-hydrogen) atoms. The van der Waals surface area contributed by atoms with Crippen LogP contribution in [0, 0.1) is 5.92 Å². The van der Waals surface area contributed by atoms with Gasteiger partial charge in [0, 0.05) is 31.0 Å². The Bertz CT molecular complexity index is 854. The van der Waals surface area contributed by atoms with Crippen molar-refractivity contribution in [3.8, 4) is 0 Å². The summed E-state index contributed by atoms with van der Waals surface area (Å²) in [6, 6.07) is 8.67. The average Bonchev–Trinajstić information content (AvgIpc) is 2.66. The van der Waals surface area contributed by atoms with E-state index >= 15 is 0 Å². The molecule has 2 aliphatic rings. The lowest BCUT2D eigenvalue weighted by atomic mass is 9.89. The minimum Gasteiger partial charge on any atom is -0.481 e. The quantitative estimate of drug-likeness (QED) is 0.860. The first-order valence-electron chi connectivity index (χ1n) is 8.74. The first-order chi connectivity index (χ1) is 12.8. The van der Waals surface area contributed by atoms with Crippen LogP contribution in [0.5, 0.6) is 0 Å². The second-order valence-electron chi connectivity index (χ2n) is 6.91. The molecule has 0 unspecified atom stereocenters. The Hall–Kier alpha value is -2.77. The Morgan fingerprint density at radius 3 is 2.59 bits per heavy atom. The lowest BCUT2D eigenvalue weighted by Crippen LogP contribution is -2.53. The van der Waals surface area contributed by atoms with Gasteiger partial charge in [0.25, 0.3) is 0 Å². The summed E-state index contributed by atoms with van der Waals surface area (Å²) in [6.07, 6.45) is -1.66. The molecule has 4 rings (SSSR count). The van der Waals surface area contributed by atoms with Gasteiger partial charge in [0.15, 0.2) is 5.82 Å². The highest BCUT2D eigenvalue weighted by molar-refractivity contribution is 5.78. The number of carboxylic acid groups (broad SMARTS) is 1. The number of benzene rings is 1. The second kappa shape index (κ2) is 6.44. The van der Waals surface area contributed by atoms with Crippen molar-refractivity contribution < 1.29 is 23.1 Å². The zero-order valence-corrected chi connectivity index (χ0v) is 14.4. The van der Waals surface area contributed by atoms with Crippen molar-refractivity contribution in [1.29, 1.82) is 0 Å². The van der Waals surface area contributed by atoms with Crippen molar-refractivity contribution in [2.24, 2.45) is 5.92 Å². The molecule has 8 heteroatoms. The Morgan fingerprint density at radius 2 is 1.93 bits per heavy atom. The van der Waals surface area contributed by atoms with E-state index in [9.17, 15) is 23.1 Å². The number of pyridine rings is 1. The van der Waals surface area contributed by atoms with E-state index in [0.29, 0.717) is 31.6 Å². The largest absolute Gasteiger partial charge is 0.481 e. The van der Waals surface area contributed by atoms with Crippen LogP contribution in [0.25, 0.3) is 0 Å². The number of alkyl halides is 3. The average molecular weight is 377 g/mol. The van der Waals surface area contributed by atoms with Crippen LogP contribution in [0.3, 0.4) is 0 Å². The van der Waals surface area contributed by atoms with Gasteiger partial charge in [-0.2, -0.15) is 13.2 Å². The number of hydrogen-bond acceptors (Lipinski definition) is 4. The van der Waals surface area contributed by atoms with Gasteiger partial charge in [-0.1, -0.05) is 0 Å². The molecule has 0 spiro atoms. The fraction of sp³-hybridized carbons (Fsp3) is 0.368. The molecule has 0 aliphatic carbocycles. The van der Waals surface area contributed by atoms with Crippen molar-refractivity contribution in [3.05, 3.63) is 48.2 Å². The molecule has 142 valence electrons. The van der Waals surface area contributed by atoms with E-state index in [2.05, 4.69) is 9.88 Å². The minimum absolute atomic E-state index is 0.0513. The van der Waals surface area contributed by atoms with Gasteiger partial charge in [0.2, 0.25) is 0 Å². The molecule has 5 nitrogen and oxygen atoms in total. The van der Waals surface area contributed by atoms with Crippen LogP contribution >= 0.6 is 0 Å². The summed E-state index contributed by atoms with van der Waals surface area (Å²) in [4.78, 5) is 19.9. The highest BCUT2D eigenvalue weighted by atomic mass is 19.4. The predicted octanol–water partition coefficient (Wildman–Crippen LogP) is 3.92. The summed E-state index contributed by atoms with van der Waals surface area (Å²) >= 11 is 0. The number of fused-ring (bicyclic) bond motifs is 3. The van der Waals surface area contributed by atoms with E-state index in [4.69, 9.17) is 0 Å². The first-order valence-corrected chi connectivity index (χ1v) is 8.74.